The Bertz CT molecular complexity index is 371. The van der Waals surface area contributed by atoms with Gasteiger partial charge in [0.05, 0.1) is 23.9 Å². The Hall–Kier alpha value is -0.323. The molecular weight excluding hydrogens is 252 g/mol. The second-order valence-corrected chi connectivity index (χ2v) is 11.3. The highest BCUT2D eigenvalue weighted by molar-refractivity contribution is 6.74. The first-order chi connectivity index (χ1) is 7.63. The molecule has 98 valence electrons. The first kappa shape index (κ1) is 14.7. The number of nitrogens with zero attached hydrogens (tertiary/aromatic N) is 2. The van der Waals surface area contributed by atoms with Crippen LogP contribution < -0.4 is 0 Å². The molecule has 3 nitrogen and oxygen atoms in total. The molecule has 0 aromatic carbocycles. The van der Waals surface area contributed by atoms with E-state index in [1.54, 1.807) is 6.20 Å². The lowest BCUT2D eigenvalue weighted by Crippen LogP contribution is -2.42. The molecule has 0 amide bonds. The minimum atomic E-state index is -1.67. The molecule has 0 spiro atoms. The number of hydrogen-bond acceptors (Lipinski definition) is 2. The van der Waals surface area contributed by atoms with Crippen molar-refractivity contribution in [3.05, 3.63) is 17.4 Å². The molecule has 0 fully saturated rings. The predicted octanol–water partition coefficient (Wildman–Crippen LogP) is 4.12. The van der Waals surface area contributed by atoms with E-state index in [0.29, 0.717) is 11.6 Å². The Morgan fingerprint density at radius 2 is 2.06 bits per heavy atom. The zero-order valence-electron chi connectivity index (χ0n) is 11.6. The third-order valence-corrected chi connectivity index (χ3v) is 8.21. The Kier molecular flexibility index (Phi) is 4.44. The molecule has 0 bridgehead atoms. The smallest absolute Gasteiger partial charge is 0.192 e. The summed E-state index contributed by atoms with van der Waals surface area (Å²) in [6.07, 6.45) is 3.49. The third kappa shape index (κ3) is 3.83. The Morgan fingerprint density at radius 3 is 2.47 bits per heavy atom. The van der Waals surface area contributed by atoms with Crippen molar-refractivity contribution in [2.24, 2.45) is 0 Å². The summed E-state index contributed by atoms with van der Waals surface area (Å²) in [6, 6.07) is 0.219. The molecule has 1 atom stereocenters. The fourth-order valence-corrected chi connectivity index (χ4v) is 2.41. The van der Waals surface area contributed by atoms with E-state index in [-0.39, 0.29) is 11.1 Å². The molecule has 1 heterocycles. The maximum Gasteiger partial charge on any atom is 0.192 e. The van der Waals surface area contributed by atoms with Crippen molar-refractivity contribution < 1.29 is 4.43 Å². The number of rotatable bonds is 4. The van der Waals surface area contributed by atoms with Gasteiger partial charge in [-0.05, 0) is 25.1 Å². The van der Waals surface area contributed by atoms with Crippen molar-refractivity contribution in [2.75, 3.05) is 6.61 Å². The second kappa shape index (κ2) is 5.12. The van der Waals surface area contributed by atoms with Crippen molar-refractivity contribution in [3.63, 3.8) is 0 Å². The van der Waals surface area contributed by atoms with Crippen LogP contribution in [0.2, 0.25) is 23.2 Å². The van der Waals surface area contributed by atoms with Gasteiger partial charge in [0.1, 0.15) is 0 Å². The molecule has 1 rings (SSSR count). The van der Waals surface area contributed by atoms with E-state index in [9.17, 15) is 0 Å². The van der Waals surface area contributed by atoms with Crippen molar-refractivity contribution in [1.29, 1.82) is 0 Å². The van der Waals surface area contributed by atoms with Gasteiger partial charge in [-0.25, -0.2) is 0 Å². The van der Waals surface area contributed by atoms with Gasteiger partial charge in [0.2, 0.25) is 0 Å². The van der Waals surface area contributed by atoms with Gasteiger partial charge in [0, 0.05) is 6.20 Å². The normalized spacial score (nSPS) is 15.0. The van der Waals surface area contributed by atoms with Gasteiger partial charge in [-0.1, -0.05) is 32.4 Å². The monoisotopic (exact) mass is 274 g/mol. The third-order valence-electron chi connectivity index (χ3n) is 3.51. The highest BCUT2D eigenvalue weighted by Crippen LogP contribution is 2.36. The van der Waals surface area contributed by atoms with Gasteiger partial charge < -0.3 is 4.43 Å². The van der Waals surface area contributed by atoms with E-state index < -0.39 is 8.32 Å². The van der Waals surface area contributed by atoms with Crippen molar-refractivity contribution in [1.82, 2.24) is 9.78 Å². The second-order valence-electron chi connectivity index (χ2n) is 6.06. The lowest BCUT2D eigenvalue weighted by Gasteiger charge is -2.36. The Morgan fingerprint density at radius 1 is 1.47 bits per heavy atom. The van der Waals surface area contributed by atoms with Crippen LogP contribution in [0.5, 0.6) is 0 Å². The number of aromatic nitrogens is 2. The number of halogens is 1. The molecule has 0 radical (unpaired) electrons. The zero-order chi connectivity index (χ0) is 13.3. The summed E-state index contributed by atoms with van der Waals surface area (Å²) in [4.78, 5) is 0. The molecule has 0 saturated carbocycles. The molecule has 0 saturated heterocycles. The topological polar surface area (TPSA) is 27.1 Å². The van der Waals surface area contributed by atoms with Gasteiger partial charge in [0.25, 0.3) is 0 Å². The first-order valence-electron chi connectivity index (χ1n) is 5.97. The minimum Gasteiger partial charge on any atom is -0.415 e. The van der Waals surface area contributed by atoms with Crippen molar-refractivity contribution in [2.45, 2.75) is 51.9 Å². The van der Waals surface area contributed by atoms with Gasteiger partial charge in [-0.15, -0.1) is 0 Å². The summed E-state index contributed by atoms with van der Waals surface area (Å²) in [7, 11) is -1.67. The van der Waals surface area contributed by atoms with Gasteiger partial charge in [-0.3, -0.25) is 4.68 Å². The summed E-state index contributed by atoms with van der Waals surface area (Å²) in [5.41, 5.74) is 0. The standard InChI is InChI=1S/C12H23ClN2OSi/c1-10(15-8-11(13)7-14-15)9-16-17(5,6)12(2,3)4/h7-8,10H,9H2,1-6H3. The average molecular weight is 275 g/mol. The maximum absolute atomic E-state index is 6.15. The van der Waals surface area contributed by atoms with Crippen LogP contribution in [0.4, 0.5) is 0 Å². The van der Waals surface area contributed by atoms with Crippen LogP contribution in [0.1, 0.15) is 33.7 Å². The van der Waals surface area contributed by atoms with Crippen LogP contribution in [0.15, 0.2) is 12.4 Å². The molecule has 0 aliphatic carbocycles. The molecule has 5 heteroatoms. The van der Waals surface area contributed by atoms with Gasteiger partial charge >= 0.3 is 0 Å². The average Bonchev–Trinajstić information content (AvgIpc) is 2.59. The SMILES string of the molecule is CC(CO[Si](C)(C)C(C)(C)C)n1cc(Cl)cn1. The molecular formula is C12H23ClN2OSi. The van der Waals surface area contributed by atoms with E-state index in [2.05, 4.69) is 45.9 Å². The van der Waals surface area contributed by atoms with Crippen LogP contribution in [0.25, 0.3) is 0 Å². The zero-order valence-corrected chi connectivity index (χ0v) is 13.4. The largest absolute Gasteiger partial charge is 0.415 e. The summed E-state index contributed by atoms with van der Waals surface area (Å²) >= 11 is 5.85. The minimum absolute atomic E-state index is 0.219. The van der Waals surface area contributed by atoms with Crippen LogP contribution >= 0.6 is 11.6 Å². The molecule has 0 N–H and O–H groups in total. The van der Waals surface area contributed by atoms with Crippen molar-refractivity contribution >= 4 is 19.9 Å². The quantitative estimate of drug-likeness (QED) is 0.773. The van der Waals surface area contributed by atoms with Crippen LogP contribution in [0.3, 0.4) is 0 Å². The Labute approximate surface area is 110 Å². The fraction of sp³-hybridized carbons (Fsp3) is 0.750. The van der Waals surface area contributed by atoms with E-state index in [4.69, 9.17) is 16.0 Å². The summed E-state index contributed by atoms with van der Waals surface area (Å²) in [5.74, 6) is 0. The molecule has 17 heavy (non-hydrogen) atoms. The van der Waals surface area contributed by atoms with Crippen LogP contribution in [0, 0.1) is 0 Å². The van der Waals surface area contributed by atoms with Gasteiger partial charge in [0.15, 0.2) is 8.32 Å². The molecule has 1 aromatic rings. The highest BCUT2D eigenvalue weighted by atomic mass is 35.5. The van der Waals surface area contributed by atoms with E-state index in [1.165, 1.54) is 0 Å². The van der Waals surface area contributed by atoms with E-state index >= 15 is 0 Å². The van der Waals surface area contributed by atoms with Crippen molar-refractivity contribution in [3.8, 4) is 0 Å². The van der Waals surface area contributed by atoms with Crippen LogP contribution in [-0.4, -0.2) is 24.7 Å². The molecule has 0 aliphatic rings. The fourth-order valence-electron chi connectivity index (χ4n) is 1.18. The Balaban J connectivity index is 2.57. The lowest BCUT2D eigenvalue weighted by atomic mass is 10.2. The first-order valence-corrected chi connectivity index (χ1v) is 9.26. The summed E-state index contributed by atoms with van der Waals surface area (Å²) < 4.78 is 8.01. The van der Waals surface area contributed by atoms with E-state index in [0.717, 1.165) is 0 Å². The predicted molar refractivity (Wildman–Crippen MR) is 75.1 cm³/mol. The summed E-state index contributed by atoms with van der Waals surface area (Å²) in [5, 5.41) is 5.11. The van der Waals surface area contributed by atoms with Crippen LogP contribution in [-0.2, 0) is 4.43 Å². The lowest BCUT2D eigenvalue weighted by molar-refractivity contribution is 0.230. The highest BCUT2D eigenvalue weighted by Gasteiger charge is 2.37. The van der Waals surface area contributed by atoms with E-state index in [1.807, 2.05) is 10.9 Å². The molecule has 0 aliphatic heterocycles. The number of hydrogen-bond donors (Lipinski definition) is 0. The molecule has 1 aromatic heterocycles. The van der Waals surface area contributed by atoms with Gasteiger partial charge in [-0.2, -0.15) is 5.10 Å². The molecule has 1 unspecified atom stereocenters. The maximum atomic E-state index is 6.15. The summed E-state index contributed by atoms with van der Waals surface area (Å²) in [6.45, 7) is 14.0.